The first-order valence-corrected chi connectivity index (χ1v) is 9.66. The lowest BCUT2D eigenvalue weighted by Gasteiger charge is -2.42. The Bertz CT molecular complexity index is 718. The Balaban J connectivity index is 1.51. The third-order valence-corrected chi connectivity index (χ3v) is 5.19. The lowest BCUT2D eigenvalue weighted by molar-refractivity contribution is -0.191. The summed E-state index contributed by atoms with van der Waals surface area (Å²) in [5.74, 6) is -1.74. The van der Waals surface area contributed by atoms with Gasteiger partial charge in [-0.05, 0) is 12.1 Å². The second kappa shape index (κ2) is 9.19. The predicted octanol–water partition coefficient (Wildman–Crippen LogP) is 1.37. The van der Waals surface area contributed by atoms with Crippen LogP contribution in [0.1, 0.15) is 16.8 Å². The van der Waals surface area contributed by atoms with Crippen LogP contribution < -0.4 is 0 Å². The molecular weight excluding hydrogens is 382 g/mol. The quantitative estimate of drug-likeness (QED) is 0.362. The highest BCUT2D eigenvalue weighted by Crippen LogP contribution is 2.42. The van der Waals surface area contributed by atoms with Gasteiger partial charge in [0.1, 0.15) is 31.3 Å². The van der Waals surface area contributed by atoms with Gasteiger partial charge in [0.2, 0.25) is 5.79 Å². The highest BCUT2D eigenvalue weighted by molar-refractivity contribution is 5.96. The van der Waals surface area contributed by atoms with E-state index in [1.54, 1.807) is 31.4 Å². The minimum absolute atomic E-state index is 0.0336. The SMILES string of the molecule is COCCOCO[C@H]1[C@H](OC(=O)c2ccccc2)CC2(OCCO2)C2=NOC[C@@H]21. The molecule has 9 nitrogen and oxygen atoms in total. The minimum atomic E-state index is -1.04. The first-order valence-electron chi connectivity index (χ1n) is 9.66. The first-order chi connectivity index (χ1) is 14.2. The lowest BCUT2D eigenvalue weighted by Crippen LogP contribution is -2.59. The van der Waals surface area contributed by atoms with Crippen LogP contribution in [-0.2, 0) is 33.3 Å². The van der Waals surface area contributed by atoms with Gasteiger partial charge in [-0.15, -0.1) is 0 Å². The smallest absolute Gasteiger partial charge is 0.338 e. The van der Waals surface area contributed by atoms with Crippen LogP contribution in [0.3, 0.4) is 0 Å². The van der Waals surface area contributed by atoms with Gasteiger partial charge in [-0.2, -0.15) is 0 Å². The molecule has 0 unspecified atom stereocenters. The number of methoxy groups -OCH3 is 1. The van der Waals surface area contributed by atoms with Gasteiger partial charge in [0.05, 0.1) is 37.9 Å². The molecule has 0 bridgehead atoms. The number of hydrogen-bond donors (Lipinski definition) is 0. The Morgan fingerprint density at radius 2 is 2.00 bits per heavy atom. The van der Waals surface area contributed by atoms with E-state index in [9.17, 15) is 4.79 Å². The number of fused-ring (bicyclic) bond motifs is 2. The third-order valence-electron chi connectivity index (χ3n) is 5.19. The van der Waals surface area contributed by atoms with Crippen molar-refractivity contribution in [2.75, 3.05) is 46.9 Å². The Morgan fingerprint density at radius 1 is 1.21 bits per heavy atom. The molecule has 1 aliphatic carbocycles. The molecule has 158 valence electrons. The monoisotopic (exact) mass is 407 g/mol. The van der Waals surface area contributed by atoms with Crippen LogP contribution in [0.4, 0.5) is 0 Å². The van der Waals surface area contributed by atoms with Crippen LogP contribution in [-0.4, -0.2) is 76.6 Å². The zero-order valence-corrected chi connectivity index (χ0v) is 16.3. The number of esters is 1. The van der Waals surface area contributed by atoms with Crippen molar-refractivity contribution in [3.63, 3.8) is 0 Å². The maximum Gasteiger partial charge on any atom is 0.338 e. The highest BCUT2D eigenvalue weighted by atomic mass is 16.7. The summed E-state index contributed by atoms with van der Waals surface area (Å²) in [6.45, 7) is 2.08. The Morgan fingerprint density at radius 3 is 2.76 bits per heavy atom. The van der Waals surface area contributed by atoms with E-state index >= 15 is 0 Å². The van der Waals surface area contributed by atoms with E-state index < -0.39 is 24.0 Å². The Hall–Kier alpha value is -2.04. The summed E-state index contributed by atoms with van der Waals surface area (Å²) in [6.07, 6.45) is -0.838. The van der Waals surface area contributed by atoms with Crippen molar-refractivity contribution in [1.29, 1.82) is 0 Å². The molecule has 3 aliphatic rings. The predicted molar refractivity (Wildman–Crippen MR) is 99.3 cm³/mol. The molecule has 1 aromatic carbocycles. The number of benzene rings is 1. The summed E-state index contributed by atoms with van der Waals surface area (Å²) in [6, 6.07) is 8.83. The van der Waals surface area contributed by atoms with E-state index in [4.69, 9.17) is 33.3 Å². The molecular formula is C20H25NO8. The van der Waals surface area contributed by atoms with E-state index in [0.717, 1.165) is 0 Å². The highest BCUT2D eigenvalue weighted by Gasteiger charge is 2.59. The van der Waals surface area contributed by atoms with E-state index in [1.807, 2.05) is 6.07 Å². The van der Waals surface area contributed by atoms with Crippen molar-refractivity contribution in [1.82, 2.24) is 0 Å². The number of hydrogen-bond acceptors (Lipinski definition) is 9. The van der Waals surface area contributed by atoms with E-state index in [1.165, 1.54) is 0 Å². The van der Waals surface area contributed by atoms with Crippen LogP contribution in [0.15, 0.2) is 35.5 Å². The normalized spacial score (nSPS) is 27.3. The molecule has 1 aromatic rings. The fraction of sp³-hybridized carbons (Fsp3) is 0.600. The van der Waals surface area contributed by atoms with E-state index in [2.05, 4.69) is 5.16 Å². The van der Waals surface area contributed by atoms with Gasteiger partial charge in [0.15, 0.2) is 0 Å². The summed E-state index contributed by atoms with van der Waals surface area (Å²) >= 11 is 0. The summed E-state index contributed by atoms with van der Waals surface area (Å²) in [5.41, 5.74) is 1.11. The van der Waals surface area contributed by atoms with Crippen LogP contribution in [0.5, 0.6) is 0 Å². The molecule has 9 heteroatoms. The van der Waals surface area contributed by atoms with Gasteiger partial charge >= 0.3 is 5.97 Å². The second-order valence-electron chi connectivity index (χ2n) is 6.99. The molecule has 1 saturated carbocycles. The van der Waals surface area contributed by atoms with E-state index in [0.29, 0.717) is 44.3 Å². The van der Waals surface area contributed by atoms with Gasteiger partial charge in [-0.1, -0.05) is 23.4 Å². The van der Waals surface area contributed by atoms with Crippen molar-refractivity contribution in [3.8, 4) is 0 Å². The topological polar surface area (TPSA) is 94.0 Å². The van der Waals surface area contributed by atoms with Crippen LogP contribution >= 0.6 is 0 Å². The Kier molecular flexibility index (Phi) is 6.41. The van der Waals surface area contributed by atoms with Crippen molar-refractivity contribution < 1.29 is 38.1 Å². The van der Waals surface area contributed by atoms with Crippen LogP contribution in [0, 0.1) is 5.92 Å². The molecule has 0 radical (unpaired) electrons. The van der Waals surface area contributed by atoms with Gasteiger partial charge < -0.3 is 33.3 Å². The van der Waals surface area contributed by atoms with Crippen molar-refractivity contribution in [2.24, 2.45) is 11.1 Å². The van der Waals surface area contributed by atoms with Crippen molar-refractivity contribution in [2.45, 2.75) is 24.4 Å². The van der Waals surface area contributed by atoms with Gasteiger partial charge in [-0.25, -0.2) is 4.79 Å². The largest absolute Gasteiger partial charge is 0.456 e. The van der Waals surface area contributed by atoms with Crippen molar-refractivity contribution in [3.05, 3.63) is 35.9 Å². The van der Waals surface area contributed by atoms with Gasteiger partial charge in [-0.3, -0.25) is 0 Å². The summed E-state index contributed by atoms with van der Waals surface area (Å²) in [7, 11) is 1.60. The van der Waals surface area contributed by atoms with Crippen molar-refractivity contribution >= 4 is 11.7 Å². The standard InChI is InChI=1S/C20H25NO8/c1-23-7-8-24-13-25-17-15-12-28-21-18(15)20(26-9-10-27-20)11-16(17)29-19(22)14-5-3-2-4-6-14/h2-6,15-17H,7-13H2,1H3/t15-,16-,17-/m1/s1. The molecule has 1 saturated heterocycles. The maximum atomic E-state index is 12.7. The second-order valence-corrected chi connectivity index (χ2v) is 6.99. The molecule has 4 rings (SSSR count). The zero-order valence-electron chi connectivity index (χ0n) is 16.3. The molecule has 2 heterocycles. The summed E-state index contributed by atoms with van der Waals surface area (Å²) in [4.78, 5) is 18.0. The van der Waals surface area contributed by atoms with Crippen LogP contribution in [0.2, 0.25) is 0 Å². The molecule has 0 N–H and O–H groups in total. The minimum Gasteiger partial charge on any atom is -0.456 e. The average Bonchev–Trinajstić information content (AvgIpc) is 3.41. The average molecular weight is 407 g/mol. The molecule has 0 aromatic heterocycles. The lowest BCUT2D eigenvalue weighted by atomic mass is 9.79. The molecule has 1 spiro atoms. The number of carbonyl (C=O) groups excluding carboxylic acids is 1. The summed E-state index contributed by atoms with van der Waals surface area (Å²) in [5, 5.41) is 4.16. The van der Waals surface area contributed by atoms with Crippen LogP contribution in [0.25, 0.3) is 0 Å². The fourth-order valence-electron chi connectivity index (χ4n) is 3.84. The molecule has 0 amide bonds. The third kappa shape index (κ3) is 4.29. The van der Waals surface area contributed by atoms with Gasteiger partial charge in [0, 0.05) is 13.5 Å². The number of oxime groups is 1. The molecule has 29 heavy (non-hydrogen) atoms. The first kappa shape index (κ1) is 20.2. The molecule has 2 aliphatic heterocycles. The fourth-order valence-corrected chi connectivity index (χ4v) is 3.84. The van der Waals surface area contributed by atoms with E-state index in [-0.39, 0.29) is 19.1 Å². The molecule has 2 fully saturated rings. The number of ether oxygens (including phenoxy) is 6. The number of nitrogens with zero attached hydrogens (tertiary/aromatic N) is 1. The number of carbonyl (C=O) groups is 1. The Labute approximate surface area is 168 Å². The number of rotatable bonds is 8. The summed E-state index contributed by atoms with van der Waals surface area (Å²) < 4.78 is 34.0. The van der Waals surface area contributed by atoms with Gasteiger partial charge in [0.25, 0.3) is 0 Å². The maximum absolute atomic E-state index is 12.7. The zero-order chi connectivity index (χ0) is 20.1. The molecule has 3 atom stereocenters.